The van der Waals surface area contributed by atoms with E-state index in [-0.39, 0.29) is 0 Å². The topological polar surface area (TPSA) is 59.0 Å². The third-order valence-electron chi connectivity index (χ3n) is 4.25. The van der Waals surface area contributed by atoms with Crippen molar-refractivity contribution in [1.82, 2.24) is 5.01 Å². The number of amides is 2. The molecule has 3 aromatic rings. The second-order valence-corrected chi connectivity index (χ2v) is 6.62. The predicted octanol–water partition coefficient (Wildman–Crippen LogP) is 4.24. The van der Waals surface area contributed by atoms with E-state index < -0.39 is 11.8 Å². The van der Waals surface area contributed by atoms with Crippen molar-refractivity contribution in [3.8, 4) is 5.75 Å². The highest BCUT2D eigenvalue weighted by atomic mass is 79.9. The van der Waals surface area contributed by atoms with Crippen molar-refractivity contribution < 1.29 is 14.3 Å². The normalized spacial score (nSPS) is 13.7. The van der Waals surface area contributed by atoms with Crippen LogP contribution in [0.25, 0.3) is 10.8 Å². The molecule has 0 N–H and O–H groups in total. The van der Waals surface area contributed by atoms with Gasteiger partial charge in [-0.1, -0.05) is 24.3 Å². The second-order valence-electron chi connectivity index (χ2n) is 5.77. The van der Waals surface area contributed by atoms with Gasteiger partial charge in [0.2, 0.25) is 0 Å². The summed E-state index contributed by atoms with van der Waals surface area (Å²) in [6.45, 7) is 0. The fraction of sp³-hybridized carbons (Fsp3) is 0.0500. The SMILES string of the molecule is COc1ccc(C=NN2C(=O)c3cccc4cccc(c34)C2=O)cc1Br. The zero-order valence-electron chi connectivity index (χ0n) is 13.8. The molecule has 0 saturated carbocycles. The van der Waals surface area contributed by atoms with Crippen LogP contribution < -0.4 is 4.74 Å². The van der Waals surface area contributed by atoms with Gasteiger partial charge in [-0.2, -0.15) is 10.1 Å². The van der Waals surface area contributed by atoms with Gasteiger partial charge in [-0.3, -0.25) is 9.59 Å². The molecule has 128 valence electrons. The van der Waals surface area contributed by atoms with Crippen LogP contribution in [0.2, 0.25) is 0 Å². The third-order valence-corrected chi connectivity index (χ3v) is 4.87. The zero-order chi connectivity index (χ0) is 18.3. The quantitative estimate of drug-likeness (QED) is 0.480. The first-order chi connectivity index (χ1) is 12.6. The molecule has 0 aromatic heterocycles. The minimum atomic E-state index is -0.428. The van der Waals surface area contributed by atoms with Crippen LogP contribution >= 0.6 is 15.9 Å². The van der Waals surface area contributed by atoms with Crippen LogP contribution in [0.4, 0.5) is 0 Å². The lowest BCUT2D eigenvalue weighted by atomic mass is 9.95. The van der Waals surface area contributed by atoms with Crippen LogP contribution in [0, 0.1) is 0 Å². The summed E-state index contributed by atoms with van der Waals surface area (Å²) in [4.78, 5) is 25.5. The van der Waals surface area contributed by atoms with Crippen LogP contribution in [0.15, 0.2) is 64.2 Å². The first-order valence-corrected chi connectivity index (χ1v) is 8.67. The Bertz CT molecular complexity index is 1040. The van der Waals surface area contributed by atoms with Crippen molar-refractivity contribution in [2.75, 3.05) is 7.11 Å². The van der Waals surface area contributed by atoms with E-state index in [0.29, 0.717) is 22.3 Å². The third kappa shape index (κ3) is 2.59. The number of methoxy groups -OCH3 is 1. The summed E-state index contributed by atoms with van der Waals surface area (Å²) < 4.78 is 5.95. The largest absolute Gasteiger partial charge is 0.496 e. The summed E-state index contributed by atoms with van der Waals surface area (Å²) in [5.41, 5.74) is 1.69. The standard InChI is InChI=1S/C20H13BrN2O3/c1-26-17-9-8-12(10-16(17)21)11-22-23-19(24)14-6-2-4-13-5-3-7-15(18(13)14)20(23)25/h2-11H,1H3. The molecule has 0 radical (unpaired) electrons. The van der Waals surface area contributed by atoms with Gasteiger partial charge in [-0.15, -0.1) is 0 Å². The average molecular weight is 409 g/mol. The Balaban J connectivity index is 1.74. The summed E-state index contributed by atoms with van der Waals surface area (Å²) in [5.74, 6) is -0.167. The van der Waals surface area contributed by atoms with E-state index in [2.05, 4.69) is 21.0 Å². The molecule has 5 nitrogen and oxygen atoms in total. The molecule has 0 bridgehead atoms. The highest BCUT2D eigenvalue weighted by Gasteiger charge is 2.32. The number of benzene rings is 3. The van der Waals surface area contributed by atoms with Gasteiger partial charge in [0.25, 0.3) is 11.8 Å². The highest BCUT2D eigenvalue weighted by Crippen LogP contribution is 2.30. The van der Waals surface area contributed by atoms with Crippen LogP contribution in [0.1, 0.15) is 26.3 Å². The summed E-state index contributed by atoms with van der Waals surface area (Å²) in [6.07, 6.45) is 1.48. The van der Waals surface area contributed by atoms with E-state index in [1.807, 2.05) is 12.1 Å². The number of carbonyl (C=O) groups excluding carboxylic acids is 2. The van der Waals surface area contributed by atoms with Crippen LogP contribution in [0.3, 0.4) is 0 Å². The van der Waals surface area contributed by atoms with Gasteiger partial charge >= 0.3 is 0 Å². The molecule has 2 amide bonds. The molecule has 1 aliphatic heterocycles. The molecule has 0 unspecified atom stereocenters. The predicted molar refractivity (Wildman–Crippen MR) is 103 cm³/mol. The molecule has 4 rings (SSSR count). The molecule has 0 aliphatic carbocycles. The van der Waals surface area contributed by atoms with Crippen molar-refractivity contribution in [3.63, 3.8) is 0 Å². The van der Waals surface area contributed by atoms with Crippen molar-refractivity contribution in [1.29, 1.82) is 0 Å². The van der Waals surface area contributed by atoms with Gasteiger partial charge in [0.1, 0.15) is 5.75 Å². The molecule has 26 heavy (non-hydrogen) atoms. The van der Waals surface area contributed by atoms with Gasteiger partial charge in [0.05, 0.1) is 28.9 Å². The molecular formula is C20H13BrN2O3. The fourth-order valence-corrected chi connectivity index (χ4v) is 3.57. The summed E-state index contributed by atoms with van der Waals surface area (Å²) >= 11 is 3.40. The van der Waals surface area contributed by atoms with Crippen molar-refractivity contribution in [2.24, 2.45) is 5.10 Å². The summed E-state index contributed by atoms with van der Waals surface area (Å²) in [7, 11) is 1.58. The van der Waals surface area contributed by atoms with E-state index in [9.17, 15) is 9.59 Å². The molecule has 1 aliphatic rings. The number of halogens is 1. The number of hydrazone groups is 1. The lowest BCUT2D eigenvalue weighted by Crippen LogP contribution is -2.36. The smallest absolute Gasteiger partial charge is 0.282 e. The number of ether oxygens (including phenoxy) is 1. The Morgan fingerprint density at radius 3 is 2.23 bits per heavy atom. The summed E-state index contributed by atoms with van der Waals surface area (Å²) in [6, 6.07) is 16.2. The van der Waals surface area contributed by atoms with E-state index >= 15 is 0 Å². The number of nitrogens with zero attached hydrogens (tertiary/aromatic N) is 2. The first kappa shape index (κ1) is 16.5. The average Bonchev–Trinajstić information content (AvgIpc) is 2.66. The first-order valence-electron chi connectivity index (χ1n) is 7.88. The monoisotopic (exact) mass is 408 g/mol. The highest BCUT2D eigenvalue weighted by molar-refractivity contribution is 9.10. The number of hydrogen-bond acceptors (Lipinski definition) is 4. The van der Waals surface area contributed by atoms with Crippen molar-refractivity contribution >= 4 is 44.7 Å². The Hall–Kier alpha value is -2.99. The van der Waals surface area contributed by atoms with Gasteiger partial charge in [0, 0.05) is 5.39 Å². The maximum Gasteiger partial charge on any atom is 0.282 e. The van der Waals surface area contributed by atoms with Crippen LogP contribution in [-0.2, 0) is 0 Å². The molecule has 0 spiro atoms. The van der Waals surface area contributed by atoms with Crippen molar-refractivity contribution in [3.05, 3.63) is 75.8 Å². The lowest BCUT2D eigenvalue weighted by Gasteiger charge is -2.23. The molecule has 3 aromatic carbocycles. The number of hydrogen-bond donors (Lipinski definition) is 0. The number of imide groups is 1. The molecule has 1 heterocycles. The van der Waals surface area contributed by atoms with E-state index in [0.717, 1.165) is 20.4 Å². The van der Waals surface area contributed by atoms with E-state index in [1.54, 1.807) is 49.6 Å². The minimum absolute atomic E-state index is 0.428. The fourth-order valence-electron chi connectivity index (χ4n) is 3.01. The van der Waals surface area contributed by atoms with Gasteiger partial charge < -0.3 is 4.74 Å². The van der Waals surface area contributed by atoms with Gasteiger partial charge in [0.15, 0.2) is 0 Å². The molecule has 0 fully saturated rings. The van der Waals surface area contributed by atoms with Crippen LogP contribution in [0.5, 0.6) is 5.75 Å². The van der Waals surface area contributed by atoms with Gasteiger partial charge in [-0.25, -0.2) is 0 Å². The van der Waals surface area contributed by atoms with Crippen LogP contribution in [-0.4, -0.2) is 30.1 Å². The minimum Gasteiger partial charge on any atom is -0.496 e. The molecule has 0 saturated heterocycles. The lowest BCUT2D eigenvalue weighted by molar-refractivity contribution is 0.0616. The second kappa shape index (κ2) is 6.38. The Labute approximate surface area is 158 Å². The number of rotatable bonds is 3. The van der Waals surface area contributed by atoms with Crippen molar-refractivity contribution in [2.45, 2.75) is 0 Å². The van der Waals surface area contributed by atoms with E-state index in [1.165, 1.54) is 6.21 Å². The molecule has 0 atom stereocenters. The Morgan fingerprint density at radius 2 is 1.65 bits per heavy atom. The Morgan fingerprint density at radius 1 is 1.00 bits per heavy atom. The molecular weight excluding hydrogens is 396 g/mol. The maximum atomic E-state index is 12.8. The van der Waals surface area contributed by atoms with E-state index in [4.69, 9.17) is 4.74 Å². The Kier molecular flexibility index (Phi) is 4.05. The molecule has 6 heteroatoms. The van der Waals surface area contributed by atoms with Gasteiger partial charge in [-0.05, 0) is 57.2 Å². The maximum absolute atomic E-state index is 12.8. The zero-order valence-corrected chi connectivity index (χ0v) is 15.4. The summed E-state index contributed by atoms with van der Waals surface area (Å²) in [5, 5.41) is 6.61. The number of carbonyl (C=O) groups is 2.